The molecular formula is C16H25ClN2O2. The number of halogens is 1. The molecule has 0 spiro atoms. The maximum Gasteiger partial charge on any atom is 0.250 e. The molecule has 1 aromatic carbocycles. The number of ether oxygens (including phenoxy) is 1. The van der Waals surface area contributed by atoms with Crippen LogP contribution >= 0.6 is 12.4 Å². The van der Waals surface area contributed by atoms with Gasteiger partial charge in [-0.2, -0.15) is 0 Å². The normalized spacial score (nSPS) is 18.7. The van der Waals surface area contributed by atoms with Crippen LogP contribution < -0.4 is 10.6 Å². The van der Waals surface area contributed by atoms with E-state index < -0.39 is 0 Å². The molecule has 2 N–H and O–H groups in total. The minimum atomic E-state index is -0.375. The lowest BCUT2D eigenvalue weighted by Gasteiger charge is -2.31. The molecule has 1 fully saturated rings. The standard InChI is InChI=1S/C16H24N2O2.ClH/c1-12-6-4-5-7-13(12)10-16(2,3)18-15(19)14-11-17-8-9-20-14;/h4-7,14,17H,8-11H2,1-3H3,(H,18,19);1H. The van der Waals surface area contributed by atoms with Gasteiger partial charge < -0.3 is 15.4 Å². The molecule has 0 radical (unpaired) electrons. The number of benzene rings is 1. The molecule has 0 bridgehead atoms. The van der Waals surface area contributed by atoms with Crippen molar-refractivity contribution < 1.29 is 9.53 Å². The molecule has 1 aliphatic heterocycles. The van der Waals surface area contributed by atoms with Gasteiger partial charge in [0.2, 0.25) is 0 Å². The van der Waals surface area contributed by atoms with Gasteiger partial charge >= 0.3 is 0 Å². The molecule has 1 atom stereocenters. The molecule has 21 heavy (non-hydrogen) atoms. The van der Waals surface area contributed by atoms with Gasteiger partial charge in [0.1, 0.15) is 6.10 Å². The van der Waals surface area contributed by atoms with Gasteiger partial charge in [-0.05, 0) is 38.3 Å². The SMILES string of the molecule is Cc1ccccc1CC(C)(C)NC(=O)C1CNCCO1.Cl. The Morgan fingerprint density at radius 2 is 2.14 bits per heavy atom. The lowest BCUT2D eigenvalue weighted by atomic mass is 9.92. The molecule has 0 aliphatic carbocycles. The minimum Gasteiger partial charge on any atom is -0.366 e. The van der Waals surface area contributed by atoms with Gasteiger partial charge in [0, 0.05) is 18.6 Å². The first kappa shape index (κ1) is 18.0. The Morgan fingerprint density at radius 3 is 2.76 bits per heavy atom. The van der Waals surface area contributed by atoms with Crippen molar-refractivity contribution in [3.63, 3.8) is 0 Å². The van der Waals surface area contributed by atoms with Crippen LogP contribution in [-0.4, -0.2) is 37.2 Å². The number of carbonyl (C=O) groups is 1. The fourth-order valence-corrected chi connectivity index (χ4v) is 2.48. The average Bonchev–Trinajstić information content (AvgIpc) is 2.41. The van der Waals surface area contributed by atoms with Crippen LogP contribution in [-0.2, 0) is 16.0 Å². The lowest BCUT2D eigenvalue weighted by Crippen LogP contribution is -2.54. The lowest BCUT2D eigenvalue weighted by molar-refractivity contribution is -0.135. The van der Waals surface area contributed by atoms with E-state index in [9.17, 15) is 4.79 Å². The van der Waals surface area contributed by atoms with Crippen LogP contribution in [0.5, 0.6) is 0 Å². The van der Waals surface area contributed by atoms with Crippen LogP contribution in [0.15, 0.2) is 24.3 Å². The summed E-state index contributed by atoms with van der Waals surface area (Å²) in [5, 5.41) is 6.27. The van der Waals surface area contributed by atoms with Crippen LogP contribution in [0.2, 0.25) is 0 Å². The maximum absolute atomic E-state index is 12.2. The largest absolute Gasteiger partial charge is 0.366 e. The van der Waals surface area contributed by atoms with Crippen LogP contribution in [0.4, 0.5) is 0 Å². The zero-order valence-electron chi connectivity index (χ0n) is 12.9. The van der Waals surface area contributed by atoms with Crippen LogP contribution in [0.25, 0.3) is 0 Å². The summed E-state index contributed by atoms with van der Waals surface area (Å²) in [5.41, 5.74) is 2.23. The smallest absolute Gasteiger partial charge is 0.250 e. The minimum absolute atomic E-state index is 0. The summed E-state index contributed by atoms with van der Waals surface area (Å²) in [5.74, 6) is -0.0317. The van der Waals surface area contributed by atoms with Crippen molar-refractivity contribution in [1.82, 2.24) is 10.6 Å². The summed E-state index contributed by atoms with van der Waals surface area (Å²) in [6.45, 7) is 8.20. The summed E-state index contributed by atoms with van der Waals surface area (Å²) in [7, 11) is 0. The first-order valence-electron chi connectivity index (χ1n) is 7.17. The highest BCUT2D eigenvalue weighted by atomic mass is 35.5. The third kappa shape index (κ3) is 5.30. The Kier molecular flexibility index (Phi) is 6.65. The monoisotopic (exact) mass is 312 g/mol. The predicted octanol–water partition coefficient (Wildman–Crippen LogP) is 1.84. The van der Waals surface area contributed by atoms with E-state index in [1.165, 1.54) is 11.1 Å². The predicted molar refractivity (Wildman–Crippen MR) is 87.0 cm³/mol. The summed E-state index contributed by atoms with van der Waals surface area (Å²) in [6, 6.07) is 8.28. The van der Waals surface area contributed by atoms with Gasteiger partial charge in [-0.1, -0.05) is 24.3 Å². The fourth-order valence-electron chi connectivity index (χ4n) is 2.48. The van der Waals surface area contributed by atoms with E-state index in [0.29, 0.717) is 13.2 Å². The van der Waals surface area contributed by atoms with Crippen LogP contribution in [0, 0.1) is 6.92 Å². The number of hydrogen-bond acceptors (Lipinski definition) is 3. The second-order valence-corrected chi connectivity index (χ2v) is 6.04. The Morgan fingerprint density at radius 1 is 1.43 bits per heavy atom. The molecule has 1 unspecified atom stereocenters. The Balaban J connectivity index is 0.00000220. The highest BCUT2D eigenvalue weighted by Gasteiger charge is 2.28. The topological polar surface area (TPSA) is 50.4 Å². The van der Waals surface area contributed by atoms with Crippen molar-refractivity contribution in [1.29, 1.82) is 0 Å². The van der Waals surface area contributed by atoms with E-state index in [2.05, 4.69) is 29.7 Å². The molecular weight excluding hydrogens is 288 g/mol. The van der Waals surface area contributed by atoms with E-state index in [4.69, 9.17) is 4.74 Å². The molecule has 1 aromatic rings. The number of amides is 1. The van der Waals surface area contributed by atoms with E-state index in [1.807, 2.05) is 26.0 Å². The number of carbonyl (C=O) groups excluding carboxylic acids is 1. The Bertz CT molecular complexity index is 471. The van der Waals surface area contributed by atoms with E-state index in [0.717, 1.165) is 13.0 Å². The molecule has 1 saturated heterocycles. The molecule has 0 saturated carbocycles. The number of rotatable bonds is 4. The molecule has 118 valence electrons. The highest BCUT2D eigenvalue weighted by molar-refractivity contribution is 5.85. The van der Waals surface area contributed by atoms with Gasteiger partial charge in [0.25, 0.3) is 5.91 Å². The van der Waals surface area contributed by atoms with Crippen molar-refractivity contribution in [3.8, 4) is 0 Å². The van der Waals surface area contributed by atoms with Gasteiger partial charge in [0.05, 0.1) is 6.61 Å². The molecule has 5 heteroatoms. The molecule has 1 heterocycles. The molecule has 2 rings (SSSR count). The number of hydrogen-bond donors (Lipinski definition) is 2. The average molecular weight is 313 g/mol. The summed E-state index contributed by atoms with van der Waals surface area (Å²) in [6.07, 6.45) is 0.436. The van der Waals surface area contributed by atoms with Gasteiger partial charge in [-0.3, -0.25) is 4.79 Å². The summed E-state index contributed by atoms with van der Waals surface area (Å²) in [4.78, 5) is 12.2. The second kappa shape index (κ2) is 7.78. The van der Waals surface area contributed by atoms with Crippen molar-refractivity contribution >= 4 is 18.3 Å². The molecule has 0 aromatic heterocycles. The second-order valence-electron chi connectivity index (χ2n) is 6.04. The van der Waals surface area contributed by atoms with E-state index >= 15 is 0 Å². The highest BCUT2D eigenvalue weighted by Crippen LogP contribution is 2.16. The van der Waals surface area contributed by atoms with Gasteiger partial charge in [-0.25, -0.2) is 0 Å². The van der Waals surface area contributed by atoms with Crippen molar-refractivity contribution in [2.75, 3.05) is 19.7 Å². The number of nitrogens with one attached hydrogen (secondary N) is 2. The maximum atomic E-state index is 12.2. The van der Waals surface area contributed by atoms with Gasteiger partial charge in [-0.15, -0.1) is 12.4 Å². The summed E-state index contributed by atoms with van der Waals surface area (Å²) < 4.78 is 5.49. The molecule has 1 amide bonds. The Labute approximate surface area is 133 Å². The quantitative estimate of drug-likeness (QED) is 0.892. The third-order valence-corrected chi connectivity index (χ3v) is 3.58. The van der Waals surface area contributed by atoms with Crippen molar-refractivity contribution in [2.45, 2.75) is 38.8 Å². The number of aryl methyl sites for hydroxylation is 1. The van der Waals surface area contributed by atoms with Crippen molar-refractivity contribution in [3.05, 3.63) is 35.4 Å². The van der Waals surface area contributed by atoms with Crippen molar-refractivity contribution in [2.24, 2.45) is 0 Å². The summed E-state index contributed by atoms with van der Waals surface area (Å²) >= 11 is 0. The third-order valence-electron chi connectivity index (χ3n) is 3.58. The molecule has 1 aliphatic rings. The van der Waals surface area contributed by atoms with E-state index in [1.54, 1.807) is 0 Å². The molecule has 4 nitrogen and oxygen atoms in total. The fraction of sp³-hybridized carbons (Fsp3) is 0.562. The first-order valence-corrected chi connectivity index (χ1v) is 7.17. The van der Waals surface area contributed by atoms with Crippen LogP contribution in [0.1, 0.15) is 25.0 Å². The number of morpholine rings is 1. The zero-order chi connectivity index (χ0) is 14.6. The Hall–Kier alpha value is -1.10. The van der Waals surface area contributed by atoms with Gasteiger partial charge in [0.15, 0.2) is 0 Å². The van der Waals surface area contributed by atoms with Crippen LogP contribution in [0.3, 0.4) is 0 Å². The van der Waals surface area contributed by atoms with E-state index in [-0.39, 0.29) is 30.0 Å². The zero-order valence-corrected chi connectivity index (χ0v) is 13.8. The first-order chi connectivity index (χ1) is 9.48.